The van der Waals surface area contributed by atoms with Gasteiger partial charge in [0, 0.05) is 12.8 Å². The van der Waals surface area contributed by atoms with Gasteiger partial charge < -0.3 is 24.8 Å². The monoisotopic (exact) mass is 220 g/mol. The maximum absolute atomic E-state index is 10.7. The molecule has 6 nitrogen and oxygen atoms in total. The van der Waals surface area contributed by atoms with Crippen molar-refractivity contribution in [1.82, 2.24) is 0 Å². The number of carbonyl (C=O) groups excluding carboxylic acids is 1. The summed E-state index contributed by atoms with van der Waals surface area (Å²) in [5, 5.41) is 28.1. The van der Waals surface area contributed by atoms with Crippen LogP contribution in [-0.4, -0.2) is 52.5 Å². The summed E-state index contributed by atoms with van der Waals surface area (Å²) in [4.78, 5) is 10.7. The van der Waals surface area contributed by atoms with Crippen molar-refractivity contribution >= 4 is 5.97 Å². The van der Waals surface area contributed by atoms with E-state index in [1.807, 2.05) is 0 Å². The average Bonchev–Trinajstić information content (AvgIpc) is 2.18. The van der Waals surface area contributed by atoms with E-state index < -0.39 is 36.5 Å². The minimum atomic E-state index is -1.29. The molecule has 0 aliphatic carbocycles. The van der Waals surface area contributed by atoms with Gasteiger partial charge >= 0.3 is 5.97 Å². The van der Waals surface area contributed by atoms with E-state index in [-0.39, 0.29) is 6.61 Å². The Bertz CT molecular complexity index is 229. The molecule has 15 heavy (non-hydrogen) atoms. The smallest absolute Gasteiger partial charge is 0.305 e. The molecule has 0 bridgehead atoms. The van der Waals surface area contributed by atoms with Gasteiger partial charge in [0.2, 0.25) is 6.29 Å². The molecule has 6 heteroatoms. The summed E-state index contributed by atoms with van der Waals surface area (Å²) in [5.41, 5.74) is 0. The third-order valence-electron chi connectivity index (χ3n) is 2.52. The minimum absolute atomic E-state index is 0.303. The quantitative estimate of drug-likeness (QED) is 0.497. The van der Waals surface area contributed by atoms with Crippen LogP contribution in [0.2, 0.25) is 0 Å². The van der Waals surface area contributed by atoms with Crippen LogP contribution in [0.4, 0.5) is 0 Å². The van der Waals surface area contributed by atoms with Crippen molar-refractivity contribution in [3.63, 3.8) is 0 Å². The topological polar surface area (TPSA) is 96.2 Å². The van der Waals surface area contributed by atoms with E-state index >= 15 is 0 Å². The number of ether oxygens (including phenoxy) is 2. The van der Waals surface area contributed by atoms with Gasteiger partial charge in [0.25, 0.3) is 0 Å². The van der Waals surface area contributed by atoms with Gasteiger partial charge in [0.05, 0.1) is 18.8 Å². The van der Waals surface area contributed by atoms with Crippen molar-refractivity contribution < 1.29 is 29.6 Å². The first-order chi connectivity index (χ1) is 6.97. The van der Waals surface area contributed by atoms with Crippen LogP contribution in [0.1, 0.15) is 13.8 Å². The van der Waals surface area contributed by atoms with Gasteiger partial charge in [0.1, 0.15) is 6.10 Å². The number of aliphatic hydroxyl groups is 3. The molecule has 1 aliphatic heterocycles. The zero-order valence-electron chi connectivity index (χ0n) is 8.66. The van der Waals surface area contributed by atoms with Gasteiger partial charge in [-0.1, -0.05) is 6.92 Å². The fourth-order valence-corrected chi connectivity index (χ4v) is 1.54. The number of aliphatic hydroxyl groups excluding tert-OH is 3. The summed E-state index contributed by atoms with van der Waals surface area (Å²) in [5.74, 6) is -1.03. The summed E-state index contributed by atoms with van der Waals surface area (Å²) < 4.78 is 9.81. The maximum atomic E-state index is 10.7. The first kappa shape index (κ1) is 12.4. The lowest BCUT2D eigenvalue weighted by Crippen LogP contribution is -2.55. The molecule has 0 aromatic rings. The molecule has 1 rings (SSSR count). The minimum Gasteiger partial charge on any atom is -0.433 e. The first-order valence-corrected chi connectivity index (χ1v) is 4.77. The first-order valence-electron chi connectivity index (χ1n) is 4.77. The average molecular weight is 220 g/mol. The molecule has 0 amide bonds. The second kappa shape index (κ2) is 4.89. The number of hydrogen-bond donors (Lipinski definition) is 3. The van der Waals surface area contributed by atoms with Crippen LogP contribution in [0.15, 0.2) is 0 Å². The van der Waals surface area contributed by atoms with Crippen LogP contribution < -0.4 is 0 Å². The van der Waals surface area contributed by atoms with E-state index in [0.717, 1.165) is 0 Å². The third-order valence-corrected chi connectivity index (χ3v) is 2.52. The molecule has 1 heterocycles. The molecule has 1 aliphatic rings. The predicted octanol–water partition coefficient (Wildman–Crippen LogP) is -1.38. The predicted molar refractivity (Wildman–Crippen MR) is 48.7 cm³/mol. The van der Waals surface area contributed by atoms with Crippen molar-refractivity contribution in [3.05, 3.63) is 0 Å². The molecule has 0 saturated carbocycles. The molecule has 0 unspecified atom stereocenters. The van der Waals surface area contributed by atoms with Gasteiger partial charge in [-0.25, -0.2) is 0 Å². The van der Waals surface area contributed by atoms with Crippen LogP contribution in [-0.2, 0) is 14.3 Å². The zero-order chi connectivity index (χ0) is 11.6. The van der Waals surface area contributed by atoms with Gasteiger partial charge in [-0.05, 0) is 0 Å². The molecule has 3 N–H and O–H groups in total. The van der Waals surface area contributed by atoms with Gasteiger partial charge in [0.15, 0.2) is 0 Å². The SMILES string of the molecule is CC(=O)O[C@@H]1O[C@H](CO)[C@@H](C)[C@H](O)[C@H]1O. The summed E-state index contributed by atoms with van der Waals surface area (Å²) >= 11 is 0. The summed E-state index contributed by atoms with van der Waals surface area (Å²) in [6.45, 7) is 2.51. The summed E-state index contributed by atoms with van der Waals surface area (Å²) in [6, 6.07) is 0. The second-order valence-electron chi connectivity index (χ2n) is 3.68. The summed E-state index contributed by atoms with van der Waals surface area (Å²) in [7, 11) is 0. The Balaban J connectivity index is 2.69. The molecule has 88 valence electrons. The Morgan fingerprint density at radius 3 is 2.47 bits per heavy atom. The van der Waals surface area contributed by atoms with Crippen molar-refractivity contribution in [2.45, 2.75) is 38.4 Å². The third kappa shape index (κ3) is 2.66. The highest BCUT2D eigenvalue weighted by molar-refractivity contribution is 5.66. The lowest BCUT2D eigenvalue weighted by molar-refractivity contribution is -0.278. The van der Waals surface area contributed by atoms with Crippen molar-refractivity contribution in [1.29, 1.82) is 0 Å². The zero-order valence-corrected chi connectivity index (χ0v) is 8.66. The van der Waals surface area contributed by atoms with Crippen LogP contribution in [0, 0.1) is 5.92 Å². The fourth-order valence-electron chi connectivity index (χ4n) is 1.54. The standard InChI is InChI=1S/C9H16O6/c1-4-6(3-10)15-9(14-5(2)11)8(13)7(4)12/h4,6-10,12-13H,3H2,1-2H3/t4-,6-,7+,8-,9-/m1/s1. The van der Waals surface area contributed by atoms with Crippen LogP contribution in [0.3, 0.4) is 0 Å². The van der Waals surface area contributed by atoms with Crippen molar-refractivity contribution in [2.75, 3.05) is 6.61 Å². The van der Waals surface area contributed by atoms with E-state index in [9.17, 15) is 15.0 Å². The molecule has 1 fully saturated rings. The Morgan fingerprint density at radius 1 is 1.40 bits per heavy atom. The Kier molecular flexibility index (Phi) is 4.04. The number of rotatable bonds is 2. The van der Waals surface area contributed by atoms with E-state index in [1.165, 1.54) is 6.92 Å². The maximum Gasteiger partial charge on any atom is 0.305 e. The normalized spacial score (nSPS) is 41.3. The molecule has 0 spiro atoms. The van der Waals surface area contributed by atoms with E-state index in [4.69, 9.17) is 9.84 Å². The molecular weight excluding hydrogens is 204 g/mol. The highest BCUT2D eigenvalue weighted by atomic mass is 16.7. The number of carbonyl (C=O) groups is 1. The van der Waals surface area contributed by atoms with Crippen molar-refractivity contribution in [2.24, 2.45) is 5.92 Å². The molecular formula is C9H16O6. The van der Waals surface area contributed by atoms with Crippen LogP contribution >= 0.6 is 0 Å². The van der Waals surface area contributed by atoms with Crippen LogP contribution in [0.5, 0.6) is 0 Å². The summed E-state index contributed by atoms with van der Waals surface area (Å²) in [6.07, 6.45) is -4.23. The number of esters is 1. The lowest BCUT2D eigenvalue weighted by Gasteiger charge is -2.39. The van der Waals surface area contributed by atoms with E-state index in [0.29, 0.717) is 0 Å². The van der Waals surface area contributed by atoms with Gasteiger partial charge in [-0.3, -0.25) is 4.79 Å². The molecule has 0 aromatic carbocycles. The van der Waals surface area contributed by atoms with Crippen molar-refractivity contribution in [3.8, 4) is 0 Å². The molecule has 0 aromatic heterocycles. The molecule has 5 atom stereocenters. The Morgan fingerprint density at radius 2 is 2.00 bits per heavy atom. The second-order valence-corrected chi connectivity index (χ2v) is 3.68. The van der Waals surface area contributed by atoms with Gasteiger partial charge in [-0.2, -0.15) is 0 Å². The highest BCUT2D eigenvalue weighted by Crippen LogP contribution is 2.26. The lowest BCUT2D eigenvalue weighted by atomic mass is 9.91. The molecule has 1 saturated heterocycles. The van der Waals surface area contributed by atoms with E-state index in [1.54, 1.807) is 6.92 Å². The largest absolute Gasteiger partial charge is 0.433 e. The van der Waals surface area contributed by atoms with Gasteiger partial charge in [-0.15, -0.1) is 0 Å². The van der Waals surface area contributed by atoms with Crippen LogP contribution in [0.25, 0.3) is 0 Å². The number of hydrogen-bond acceptors (Lipinski definition) is 6. The fraction of sp³-hybridized carbons (Fsp3) is 0.889. The highest BCUT2D eigenvalue weighted by Gasteiger charge is 2.43. The molecule has 0 radical (unpaired) electrons. The Labute approximate surface area is 87.4 Å². The van der Waals surface area contributed by atoms with E-state index in [2.05, 4.69) is 4.74 Å². The Hall–Kier alpha value is -0.690.